The van der Waals surface area contributed by atoms with Crippen molar-refractivity contribution in [3.05, 3.63) is 11.1 Å². The number of amides is 1. The Morgan fingerprint density at radius 3 is 2.90 bits per heavy atom. The predicted octanol–water partition coefficient (Wildman–Crippen LogP) is 2.72. The van der Waals surface area contributed by atoms with Gasteiger partial charge in [0.25, 0.3) is 0 Å². The van der Waals surface area contributed by atoms with E-state index in [2.05, 4.69) is 28.9 Å². The molecule has 0 unspecified atom stereocenters. The summed E-state index contributed by atoms with van der Waals surface area (Å²) in [5.74, 6) is 0.202. The van der Waals surface area contributed by atoms with Gasteiger partial charge in [-0.05, 0) is 18.1 Å². The molecule has 0 bridgehead atoms. The molecule has 112 valence electrons. The molecule has 0 aliphatic rings. The Morgan fingerprint density at radius 1 is 1.50 bits per heavy atom. The second kappa shape index (κ2) is 8.97. The van der Waals surface area contributed by atoms with Crippen molar-refractivity contribution >= 4 is 40.1 Å². The zero-order valence-corrected chi connectivity index (χ0v) is 13.6. The van der Waals surface area contributed by atoms with Crippen molar-refractivity contribution in [1.82, 2.24) is 4.98 Å². The first kappa shape index (κ1) is 17.0. The summed E-state index contributed by atoms with van der Waals surface area (Å²) in [6.07, 6.45) is 1.80. The first-order valence-electron chi connectivity index (χ1n) is 6.44. The van der Waals surface area contributed by atoms with E-state index in [4.69, 9.17) is 0 Å². The third-order valence-corrected chi connectivity index (χ3v) is 4.29. The number of esters is 1. The first-order valence-corrected chi connectivity index (χ1v) is 8.36. The average molecular weight is 316 g/mol. The van der Waals surface area contributed by atoms with Crippen molar-refractivity contribution < 1.29 is 14.3 Å². The minimum atomic E-state index is -0.209. The number of carbonyl (C=O) groups excluding carboxylic acids is 2. The minimum Gasteiger partial charge on any atom is -0.469 e. The summed E-state index contributed by atoms with van der Waals surface area (Å²) in [4.78, 5) is 26.9. The fraction of sp³-hybridized carbons (Fsp3) is 0.615. The van der Waals surface area contributed by atoms with E-state index in [1.807, 2.05) is 5.38 Å². The number of nitrogens with zero attached hydrogens (tertiary/aromatic N) is 1. The Morgan fingerprint density at radius 2 is 2.25 bits per heavy atom. The molecular weight excluding hydrogens is 296 g/mol. The summed E-state index contributed by atoms with van der Waals surface area (Å²) >= 11 is 3.01. The van der Waals surface area contributed by atoms with Gasteiger partial charge >= 0.3 is 5.97 Å². The lowest BCUT2D eigenvalue weighted by atomic mass is 10.2. The Labute approximate surface area is 127 Å². The summed E-state index contributed by atoms with van der Waals surface area (Å²) in [7, 11) is 1.38. The van der Waals surface area contributed by atoms with Crippen LogP contribution in [0.15, 0.2) is 5.38 Å². The van der Waals surface area contributed by atoms with Crippen LogP contribution in [0.3, 0.4) is 0 Å². The molecule has 0 atom stereocenters. The normalized spacial score (nSPS) is 10.6. The highest BCUT2D eigenvalue weighted by molar-refractivity contribution is 8.00. The number of rotatable bonds is 8. The zero-order chi connectivity index (χ0) is 15.0. The van der Waals surface area contributed by atoms with Crippen LogP contribution in [0, 0.1) is 0 Å². The summed E-state index contributed by atoms with van der Waals surface area (Å²) in [5.41, 5.74) is 0.894. The van der Waals surface area contributed by atoms with Gasteiger partial charge < -0.3 is 10.1 Å². The second-order valence-corrected chi connectivity index (χ2v) is 6.90. The Bertz CT molecular complexity index is 447. The quantitative estimate of drug-likeness (QED) is 0.747. The number of hydrogen-bond acceptors (Lipinski definition) is 6. The van der Waals surface area contributed by atoms with Crippen LogP contribution in [0.2, 0.25) is 0 Å². The number of methoxy groups -OCH3 is 1. The molecule has 1 aromatic rings. The fourth-order valence-corrected chi connectivity index (χ4v) is 2.71. The molecule has 20 heavy (non-hydrogen) atoms. The minimum absolute atomic E-state index is 0.0286. The molecule has 0 aliphatic heterocycles. The number of hydrogen-bond donors (Lipinski definition) is 1. The van der Waals surface area contributed by atoms with Crippen molar-refractivity contribution in [1.29, 1.82) is 0 Å². The van der Waals surface area contributed by atoms with E-state index in [1.54, 1.807) is 11.8 Å². The van der Waals surface area contributed by atoms with Gasteiger partial charge in [-0.1, -0.05) is 13.8 Å². The molecule has 1 N–H and O–H groups in total. The molecule has 0 saturated heterocycles. The second-order valence-electron chi connectivity index (χ2n) is 4.48. The lowest BCUT2D eigenvalue weighted by molar-refractivity contribution is -0.140. The summed E-state index contributed by atoms with van der Waals surface area (Å²) in [5, 5.41) is 5.74. The highest BCUT2D eigenvalue weighted by atomic mass is 32.2. The van der Waals surface area contributed by atoms with Crippen molar-refractivity contribution in [2.75, 3.05) is 18.2 Å². The van der Waals surface area contributed by atoms with E-state index in [1.165, 1.54) is 18.4 Å². The molecule has 0 fully saturated rings. The number of aryl methyl sites for hydroxylation is 1. The van der Waals surface area contributed by atoms with Gasteiger partial charge in [0.05, 0.1) is 18.6 Å². The largest absolute Gasteiger partial charge is 0.469 e. The van der Waals surface area contributed by atoms with Crippen molar-refractivity contribution in [2.45, 2.75) is 38.4 Å². The van der Waals surface area contributed by atoms with Gasteiger partial charge in [-0.3, -0.25) is 9.59 Å². The third kappa shape index (κ3) is 6.91. The van der Waals surface area contributed by atoms with Gasteiger partial charge in [0.2, 0.25) is 5.91 Å². The first-order chi connectivity index (χ1) is 9.51. The smallest absolute Gasteiger partial charge is 0.305 e. The van der Waals surface area contributed by atoms with Crippen LogP contribution in [0.5, 0.6) is 0 Å². The molecule has 0 spiro atoms. The third-order valence-electron chi connectivity index (χ3n) is 2.39. The van der Waals surface area contributed by atoms with Gasteiger partial charge in [-0.15, -0.1) is 23.1 Å². The summed E-state index contributed by atoms with van der Waals surface area (Å²) in [6.45, 7) is 4.11. The van der Waals surface area contributed by atoms with E-state index in [0.717, 1.165) is 5.69 Å². The van der Waals surface area contributed by atoms with Crippen LogP contribution in [0.4, 0.5) is 5.13 Å². The zero-order valence-electron chi connectivity index (χ0n) is 12.0. The molecule has 7 heteroatoms. The van der Waals surface area contributed by atoms with E-state index < -0.39 is 0 Å². The molecular formula is C13H20N2O3S2. The molecule has 1 heterocycles. The lowest BCUT2D eigenvalue weighted by Gasteiger charge is -2.04. The van der Waals surface area contributed by atoms with Gasteiger partial charge in [0.1, 0.15) is 0 Å². The molecule has 0 aromatic carbocycles. The molecule has 5 nitrogen and oxygen atoms in total. The van der Waals surface area contributed by atoms with E-state index in [9.17, 15) is 9.59 Å². The van der Waals surface area contributed by atoms with Gasteiger partial charge in [-0.25, -0.2) is 4.98 Å². The summed E-state index contributed by atoms with van der Waals surface area (Å²) < 4.78 is 4.58. The van der Waals surface area contributed by atoms with Gasteiger partial charge in [0, 0.05) is 11.8 Å². The highest BCUT2D eigenvalue weighted by Crippen LogP contribution is 2.18. The SMILES string of the molecule is COC(=O)CCCc1csc(NC(=O)CSC(C)C)n1. The number of thiazole rings is 1. The molecule has 0 radical (unpaired) electrons. The number of nitrogens with one attached hydrogen (secondary N) is 1. The highest BCUT2D eigenvalue weighted by Gasteiger charge is 2.08. The maximum absolute atomic E-state index is 11.6. The van der Waals surface area contributed by atoms with Crippen molar-refractivity contribution in [3.8, 4) is 0 Å². The van der Waals surface area contributed by atoms with Crippen LogP contribution < -0.4 is 5.32 Å². The standard InChI is InChI=1S/C13H20N2O3S2/c1-9(2)19-8-11(16)15-13-14-10(7-20-13)5-4-6-12(17)18-3/h7,9H,4-6,8H2,1-3H3,(H,14,15,16). The maximum Gasteiger partial charge on any atom is 0.305 e. The van der Waals surface area contributed by atoms with Gasteiger partial charge in [0.15, 0.2) is 5.13 Å². The average Bonchev–Trinajstić information content (AvgIpc) is 2.83. The van der Waals surface area contributed by atoms with E-state index in [0.29, 0.717) is 35.4 Å². The maximum atomic E-state index is 11.6. The summed E-state index contributed by atoms with van der Waals surface area (Å²) in [6, 6.07) is 0. The molecule has 1 amide bonds. The topological polar surface area (TPSA) is 68.3 Å². The molecule has 0 aliphatic carbocycles. The molecule has 0 saturated carbocycles. The van der Waals surface area contributed by atoms with Crippen LogP contribution in [0.25, 0.3) is 0 Å². The van der Waals surface area contributed by atoms with Crippen LogP contribution in [0.1, 0.15) is 32.4 Å². The monoisotopic (exact) mass is 316 g/mol. The molecule has 1 aromatic heterocycles. The van der Waals surface area contributed by atoms with Crippen molar-refractivity contribution in [3.63, 3.8) is 0 Å². The van der Waals surface area contributed by atoms with Gasteiger partial charge in [-0.2, -0.15) is 0 Å². The number of ether oxygens (including phenoxy) is 1. The molecule has 1 rings (SSSR count). The van der Waals surface area contributed by atoms with Crippen LogP contribution in [-0.4, -0.2) is 35.0 Å². The Hall–Kier alpha value is -1.08. The lowest BCUT2D eigenvalue weighted by Crippen LogP contribution is -2.15. The number of anilines is 1. The van der Waals surface area contributed by atoms with E-state index in [-0.39, 0.29) is 11.9 Å². The Balaban J connectivity index is 2.32. The van der Waals surface area contributed by atoms with E-state index >= 15 is 0 Å². The number of carbonyl (C=O) groups is 2. The fourth-order valence-electron chi connectivity index (χ4n) is 1.39. The predicted molar refractivity (Wildman–Crippen MR) is 83.3 cm³/mol. The van der Waals surface area contributed by atoms with Crippen LogP contribution >= 0.6 is 23.1 Å². The number of thioether (sulfide) groups is 1. The number of aromatic nitrogens is 1. The van der Waals surface area contributed by atoms with Crippen molar-refractivity contribution in [2.24, 2.45) is 0 Å². The Kier molecular flexibility index (Phi) is 7.61. The van der Waals surface area contributed by atoms with Crippen LogP contribution in [-0.2, 0) is 20.7 Å².